The van der Waals surface area contributed by atoms with Gasteiger partial charge in [0.15, 0.2) is 5.76 Å². The molecule has 2 heterocycles. The van der Waals surface area contributed by atoms with E-state index in [2.05, 4.69) is 5.32 Å². The van der Waals surface area contributed by atoms with Crippen LogP contribution in [0.1, 0.15) is 25.8 Å². The summed E-state index contributed by atoms with van der Waals surface area (Å²) < 4.78 is 18.7. The summed E-state index contributed by atoms with van der Waals surface area (Å²) in [6.07, 6.45) is 1.41. The van der Waals surface area contributed by atoms with Crippen LogP contribution in [-0.2, 0) is 6.54 Å². The average Bonchev–Trinajstić information content (AvgIpc) is 3.28. The Bertz CT molecular complexity index is 889. The fourth-order valence-electron chi connectivity index (χ4n) is 2.24. The Kier molecular flexibility index (Phi) is 4.95. The number of carbonyl (C=O) groups excluding carboxylic acids is 2. The molecule has 128 valence electrons. The SMILES string of the molecule is CN(Cc1ccccc1F)C(=O)c1ccc(NC(=O)c2ccco2)s1. The highest BCUT2D eigenvalue weighted by Gasteiger charge is 2.17. The lowest BCUT2D eigenvalue weighted by molar-refractivity contribution is 0.0788. The van der Waals surface area contributed by atoms with E-state index in [1.54, 1.807) is 49.5 Å². The molecule has 0 aliphatic carbocycles. The number of rotatable bonds is 5. The Morgan fingerprint density at radius 2 is 1.96 bits per heavy atom. The maximum atomic E-state index is 13.7. The minimum atomic E-state index is -0.384. The van der Waals surface area contributed by atoms with Crippen molar-refractivity contribution < 1.29 is 18.4 Å². The molecule has 0 aliphatic rings. The highest BCUT2D eigenvalue weighted by atomic mass is 32.1. The zero-order valence-electron chi connectivity index (χ0n) is 13.4. The van der Waals surface area contributed by atoms with E-state index in [4.69, 9.17) is 4.42 Å². The minimum absolute atomic E-state index is 0.164. The van der Waals surface area contributed by atoms with E-state index in [1.807, 2.05) is 0 Å². The van der Waals surface area contributed by atoms with E-state index in [9.17, 15) is 14.0 Å². The average molecular weight is 358 g/mol. The summed E-state index contributed by atoms with van der Waals surface area (Å²) in [5.41, 5.74) is 0.446. The largest absolute Gasteiger partial charge is 0.459 e. The lowest BCUT2D eigenvalue weighted by Crippen LogP contribution is -2.25. The number of hydrogen-bond donors (Lipinski definition) is 1. The van der Waals surface area contributed by atoms with Crippen LogP contribution < -0.4 is 5.32 Å². The molecule has 2 aromatic heterocycles. The van der Waals surface area contributed by atoms with Crippen LogP contribution in [0.25, 0.3) is 0 Å². The van der Waals surface area contributed by atoms with Crippen LogP contribution in [-0.4, -0.2) is 23.8 Å². The van der Waals surface area contributed by atoms with Crippen LogP contribution in [0.3, 0.4) is 0 Å². The molecule has 7 heteroatoms. The molecule has 0 unspecified atom stereocenters. The van der Waals surface area contributed by atoms with Crippen LogP contribution in [0.2, 0.25) is 0 Å². The Labute approximate surface area is 147 Å². The van der Waals surface area contributed by atoms with Crippen LogP contribution in [0, 0.1) is 5.82 Å². The lowest BCUT2D eigenvalue weighted by Gasteiger charge is -2.16. The van der Waals surface area contributed by atoms with E-state index < -0.39 is 0 Å². The number of nitrogens with one attached hydrogen (secondary N) is 1. The van der Waals surface area contributed by atoms with E-state index >= 15 is 0 Å². The summed E-state index contributed by atoms with van der Waals surface area (Å²) in [5, 5.41) is 3.20. The van der Waals surface area contributed by atoms with Crippen molar-refractivity contribution in [2.45, 2.75) is 6.54 Å². The van der Waals surface area contributed by atoms with Crippen molar-refractivity contribution in [3.8, 4) is 0 Å². The van der Waals surface area contributed by atoms with Crippen LogP contribution in [0.4, 0.5) is 9.39 Å². The summed E-state index contributed by atoms with van der Waals surface area (Å²) >= 11 is 1.15. The number of hydrogen-bond acceptors (Lipinski definition) is 4. The molecule has 0 radical (unpaired) electrons. The van der Waals surface area contributed by atoms with Crippen LogP contribution in [0.15, 0.2) is 59.2 Å². The van der Waals surface area contributed by atoms with Crippen molar-refractivity contribution >= 4 is 28.2 Å². The smallest absolute Gasteiger partial charge is 0.291 e. The van der Waals surface area contributed by atoms with Gasteiger partial charge >= 0.3 is 0 Å². The van der Waals surface area contributed by atoms with E-state index in [-0.39, 0.29) is 29.9 Å². The zero-order chi connectivity index (χ0) is 17.8. The fraction of sp³-hybridized carbons (Fsp3) is 0.111. The van der Waals surface area contributed by atoms with Crippen LogP contribution in [0.5, 0.6) is 0 Å². The standard InChI is InChI=1S/C18H15FN2O3S/c1-21(11-12-5-2-3-6-13(12)19)18(23)15-8-9-16(25-15)20-17(22)14-7-4-10-24-14/h2-10H,11H2,1H3,(H,20,22). The Balaban J connectivity index is 1.66. The van der Waals surface area contributed by atoms with Gasteiger partial charge in [-0.2, -0.15) is 0 Å². The van der Waals surface area contributed by atoms with Crippen molar-refractivity contribution in [2.24, 2.45) is 0 Å². The number of anilines is 1. The first kappa shape index (κ1) is 16.9. The number of halogens is 1. The Morgan fingerprint density at radius 1 is 1.16 bits per heavy atom. The predicted molar refractivity (Wildman–Crippen MR) is 93.2 cm³/mol. The molecule has 3 rings (SSSR count). The third-order valence-corrected chi connectivity index (χ3v) is 4.50. The van der Waals surface area contributed by atoms with Crippen molar-refractivity contribution in [1.29, 1.82) is 0 Å². The molecule has 5 nitrogen and oxygen atoms in total. The van der Waals surface area contributed by atoms with Crippen molar-refractivity contribution in [3.05, 3.63) is 76.8 Å². The molecular weight excluding hydrogens is 343 g/mol. The number of furan rings is 1. The minimum Gasteiger partial charge on any atom is -0.459 e. The van der Waals surface area contributed by atoms with Crippen molar-refractivity contribution in [1.82, 2.24) is 4.90 Å². The monoisotopic (exact) mass is 358 g/mol. The second-order valence-electron chi connectivity index (χ2n) is 5.35. The van der Waals surface area contributed by atoms with Gasteiger partial charge < -0.3 is 14.6 Å². The summed E-state index contributed by atoms with van der Waals surface area (Å²) in [6.45, 7) is 0.164. The van der Waals surface area contributed by atoms with Crippen molar-refractivity contribution in [3.63, 3.8) is 0 Å². The summed E-state index contributed by atoms with van der Waals surface area (Å²) in [6, 6.07) is 12.8. The van der Waals surface area contributed by atoms with Gasteiger partial charge in [-0.05, 0) is 30.3 Å². The molecule has 0 saturated carbocycles. The van der Waals surface area contributed by atoms with Crippen LogP contribution >= 0.6 is 11.3 Å². The molecule has 0 bridgehead atoms. The number of carbonyl (C=O) groups is 2. The zero-order valence-corrected chi connectivity index (χ0v) is 14.2. The molecule has 0 atom stereocenters. The topological polar surface area (TPSA) is 62.6 Å². The maximum Gasteiger partial charge on any atom is 0.291 e. The van der Waals surface area contributed by atoms with Gasteiger partial charge in [-0.1, -0.05) is 18.2 Å². The van der Waals surface area contributed by atoms with Gasteiger partial charge in [0.1, 0.15) is 5.82 Å². The highest BCUT2D eigenvalue weighted by Crippen LogP contribution is 2.24. The third-order valence-electron chi connectivity index (χ3n) is 3.51. The molecule has 0 aliphatic heterocycles. The van der Waals surface area contributed by atoms with Crippen molar-refractivity contribution in [2.75, 3.05) is 12.4 Å². The first-order valence-electron chi connectivity index (χ1n) is 7.48. The quantitative estimate of drug-likeness (QED) is 0.750. The molecule has 2 amide bonds. The predicted octanol–water partition coefficient (Wildman–Crippen LogP) is 4.00. The van der Waals surface area contributed by atoms with E-state index in [0.29, 0.717) is 15.4 Å². The summed E-state index contributed by atoms with van der Waals surface area (Å²) in [5.74, 6) is -0.782. The van der Waals surface area contributed by atoms with Gasteiger partial charge in [-0.15, -0.1) is 11.3 Å². The fourth-order valence-corrected chi connectivity index (χ4v) is 3.14. The number of benzene rings is 1. The Hall–Kier alpha value is -2.93. The summed E-state index contributed by atoms with van der Waals surface area (Å²) in [4.78, 5) is 26.3. The molecule has 25 heavy (non-hydrogen) atoms. The third kappa shape index (κ3) is 3.95. The molecular formula is C18H15FN2O3S. The first-order chi connectivity index (χ1) is 12.0. The van der Waals surface area contributed by atoms with Gasteiger partial charge in [0, 0.05) is 19.2 Å². The maximum absolute atomic E-state index is 13.7. The Morgan fingerprint density at radius 3 is 2.68 bits per heavy atom. The highest BCUT2D eigenvalue weighted by molar-refractivity contribution is 7.18. The number of nitrogens with zero attached hydrogens (tertiary/aromatic N) is 1. The van der Waals surface area contributed by atoms with Gasteiger partial charge in [-0.25, -0.2) is 4.39 Å². The lowest BCUT2D eigenvalue weighted by atomic mass is 10.2. The molecule has 0 spiro atoms. The van der Waals surface area contributed by atoms with Gasteiger partial charge in [-0.3, -0.25) is 9.59 Å². The van der Waals surface area contributed by atoms with Gasteiger partial charge in [0.05, 0.1) is 16.1 Å². The van der Waals surface area contributed by atoms with E-state index in [0.717, 1.165) is 11.3 Å². The molecule has 0 fully saturated rings. The van der Waals surface area contributed by atoms with Gasteiger partial charge in [0.2, 0.25) is 0 Å². The molecule has 0 saturated heterocycles. The molecule has 3 aromatic rings. The first-order valence-corrected chi connectivity index (χ1v) is 8.30. The second kappa shape index (κ2) is 7.31. The van der Waals surface area contributed by atoms with Gasteiger partial charge in [0.25, 0.3) is 11.8 Å². The number of thiophene rings is 1. The summed E-state index contributed by atoms with van der Waals surface area (Å²) in [7, 11) is 1.61. The normalized spacial score (nSPS) is 10.5. The molecule has 1 N–H and O–H groups in total. The van der Waals surface area contributed by atoms with E-state index in [1.165, 1.54) is 17.2 Å². The second-order valence-corrected chi connectivity index (χ2v) is 6.43. The number of amides is 2. The molecule has 1 aromatic carbocycles.